The van der Waals surface area contributed by atoms with Gasteiger partial charge in [-0.2, -0.15) is 0 Å². The van der Waals surface area contributed by atoms with Crippen LogP contribution in [-0.4, -0.2) is 22.5 Å². The lowest BCUT2D eigenvalue weighted by Crippen LogP contribution is -2.35. The zero-order valence-corrected chi connectivity index (χ0v) is 7.45. The van der Waals surface area contributed by atoms with Gasteiger partial charge in [0, 0.05) is 18.9 Å². The molecule has 0 bridgehead atoms. The molecular formula is C8H12N4O. The fraction of sp³-hybridized carbons (Fsp3) is 0.375. The molecule has 1 aromatic rings. The van der Waals surface area contributed by atoms with E-state index in [2.05, 4.69) is 20.6 Å². The molecule has 1 heterocycles. The van der Waals surface area contributed by atoms with Crippen LogP contribution in [0.4, 0.5) is 4.79 Å². The van der Waals surface area contributed by atoms with Crippen LogP contribution in [0.25, 0.3) is 0 Å². The van der Waals surface area contributed by atoms with Crippen molar-refractivity contribution in [2.45, 2.75) is 13.5 Å². The third-order valence-electron chi connectivity index (χ3n) is 1.36. The minimum Gasteiger partial charge on any atom is -0.338 e. The van der Waals surface area contributed by atoms with Crippen LogP contribution in [0.1, 0.15) is 12.7 Å². The molecule has 0 aliphatic rings. The number of carbonyl (C=O) groups excluding carboxylic acids is 1. The summed E-state index contributed by atoms with van der Waals surface area (Å²) in [5, 5.41) is 5.23. The lowest BCUT2D eigenvalue weighted by molar-refractivity contribution is 0.241. The fourth-order valence-electron chi connectivity index (χ4n) is 0.804. The molecule has 13 heavy (non-hydrogen) atoms. The van der Waals surface area contributed by atoms with Crippen LogP contribution in [0.2, 0.25) is 0 Å². The Morgan fingerprint density at radius 3 is 2.69 bits per heavy atom. The van der Waals surface area contributed by atoms with Crippen LogP contribution < -0.4 is 10.6 Å². The molecule has 0 atom stereocenters. The lowest BCUT2D eigenvalue weighted by atomic mass is 10.5. The average Bonchev–Trinajstić information content (AvgIpc) is 2.17. The standard InChI is InChI=1S/C8H12N4O/c1-2-9-8(13)12-6-7-10-4-3-5-11-7/h3-5H,2,6H2,1H3,(H2,9,12,13). The van der Waals surface area contributed by atoms with Crippen molar-refractivity contribution >= 4 is 6.03 Å². The molecule has 5 heteroatoms. The number of rotatable bonds is 3. The second-order valence-electron chi connectivity index (χ2n) is 2.38. The Labute approximate surface area is 76.6 Å². The monoisotopic (exact) mass is 180 g/mol. The fourth-order valence-corrected chi connectivity index (χ4v) is 0.804. The average molecular weight is 180 g/mol. The summed E-state index contributed by atoms with van der Waals surface area (Å²) in [5.41, 5.74) is 0. The topological polar surface area (TPSA) is 66.9 Å². The molecule has 2 N–H and O–H groups in total. The lowest BCUT2D eigenvalue weighted by Gasteiger charge is -2.03. The van der Waals surface area contributed by atoms with Crippen molar-refractivity contribution in [2.75, 3.05) is 6.54 Å². The maximum atomic E-state index is 10.9. The van der Waals surface area contributed by atoms with Gasteiger partial charge in [-0.1, -0.05) is 0 Å². The molecule has 0 saturated carbocycles. The van der Waals surface area contributed by atoms with E-state index >= 15 is 0 Å². The molecule has 2 amide bonds. The van der Waals surface area contributed by atoms with Crippen LogP contribution in [0.15, 0.2) is 18.5 Å². The van der Waals surface area contributed by atoms with E-state index in [4.69, 9.17) is 0 Å². The molecule has 0 unspecified atom stereocenters. The van der Waals surface area contributed by atoms with Gasteiger partial charge in [-0.15, -0.1) is 0 Å². The van der Waals surface area contributed by atoms with E-state index in [1.54, 1.807) is 18.5 Å². The molecule has 0 aliphatic heterocycles. The molecule has 0 radical (unpaired) electrons. The zero-order chi connectivity index (χ0) is 9.52. The van der Waals surface area contributed by atoms with Crippen LogP contribution in [0.3, 0.4) is 0 Å². The predicted molar refractivity (Wildman–Crippen MR) is 47.9 cm³/mol. The zero-order valence-electron chi connectivity index (χ0n) is 7.45. The molecule has 0 aliphatic carbocycles. The van der Waals surface area contributed by atoms with Gasteiger partial charge in [0.05, 0.1) is 6.54 Å². The number of amides is 2. The van der Waals surface area contributed by atoms with E-state index in [1.807, 2.05) is 6.92 Å². The highest BCUT2D eigenvalue weighted by atomic mass is 16.2. The number of urea groups is 1. The van der Waals surface area contributed by atoms with Crippen LogP contribution in [-0.2, 0) is 6.54 Å². The first-order chi connectivity index (χ1) is 6.33. The van der Waals surface area contributed by atoms with Gasteiger partial charge in [-0.25, -0.2) is 14.8 Å². The van der Waals surface area contributed by atoms with Crippen molar-refractivity contribution in [1.82, 2.24) is 20.6 Å². The van der Waals surface area contributed by atoms with Gasteiger partial charge >= 0.3 is 6.03 Å². The minimum atomic E-state index is -0.199. The summed E-state index contributed by atoms with van der Waals surface area (Å²) >= 11 is 0. The van der Waals surface area contributed by atoms with Crippen molar-refractivity contribution in [2.24, 2.45) is 0 Å². The van der Waals surface area contributed by atoms with Crippen molar-refractivity contribution in [3.63, 3.8) is 0 Å². The second kappa shape index (κ2) is 5.08. The summed E-state index contributed by atoms with van der Waals surface area (Å²) in [6.45, 7) is 2.83. The first kappa shape index (κ1) is 9.44. The number of hydrogen-bond donors (Lipinski definition) is 2. The highest BCUT2D eigenvalue weighted by Crippen LogP contribution is 1.85. The first-order valence-corrected chi connectivity index (χ1v) is 4.10. The van der Waals surface area contributed by atoms with Gasteiger partial charge in [0.2, 0.25) is 0 Å². The summed E-state index contributed by atoms with van der Waals surface area (Å²) in [7, 11) is 0. The number of nitrogens with one attached hydrogen (secondary N) is 2. The molecule has 1 rings (SSSR count). The van der Waals surface area contributed by atoms with Gasteiger partial charge < -0.3 is 10.6 Å². The molecule has 0 fully saturated rings. The summed E-state index contributed by atoms with van der Waals surface area (Å²) in [5.74, 6) is 0.605. The molecule has 0 spiro atoms. The number of nitrogens with zero attached hydrogens (tertiary/aromatic N) is 2. The first-order valence-electron chi connectivity index (χ1n) is 4.10. The largest absolute Gasteiger partial charge is 0.338 e. The summed E-state index contributed by atoms with van der Waals surface area (Å²) in [4.78, 5) is 18.9. The van der Waals surface area contributed by atoms with Crippen LogP contribution in [0.5, 0.6) is 0 Å². The Bertz CT molecular complexity index is 262. The van der Waals surface area contributed by atoms with Crippen molar-refractivity contribution < 1.29 is 4.79 Å². The highest BCUT2D eigenvalue weighted by Gasteiger charge is 1.98. The van der Waals surface area contributed by atoms with Crippen molar-refractivity contribution in [1.29, 1.82) is 0 Å². The highest BCUT2D eigenvalue weighted by molar-refractivity contribution is 5.73. The van der Waals surface area contributed by atoms with E-state index in [1.165, 1.54) is 0 Å². The van der Waals surface area contributed by atoms with Crippen LogP contribution >= 0.6 is 0 Å². The SMILES string of the molecule is CCNC(=O)NCc1ncccn1. The van der Waals surface area contributed by atoms with E-state index in [-0.39, 0.29) is 6.03 Å². The smallest absolute Gasteiger partial charge is 0.315 e. The quantitative estimate of drug-likeness (QED) is 0.702. The van der Waals surface area contributed by atoms with Gasteiger partial charge in [-0.05, 0) is 13.0 Å². The van der Waals surface area contributed by atoms with E-state index < -0.39 is 0 Å². The van der Waals surface area contributed by atoms with Crippen molar-refractivity contribution in [3.8, 4) is 0 Å². The van der Waals surface area contributed by atoms with Gasteiger partial charge in [0.1, 0.15) is 5.82 Å². The normalized spacial score (nSPS) is 9.31. The molecule has 0 saturated heterocycles. The van der Waals surface area contributed by atoms with E-state index in [9.17, 15) is 4.79 Å². The van der Waals surface area contributed by atoms with E-state index in [0.717, 1.165) is 0 Å². The van der Waals surface area contributed by atoms with Gasteiger partial charge in [0.25, 0.3) is 0 Å². The van der Waals surface area contributed by atoms with Gasteiger partial charge in [-0.3, -0.25) is 0 Å². The Kier molecular flexibility index (Phi) is 3.69. The molecular weight excluding hydrogens is 168 g/mol. The Balaban J connectivity index is 2.31. The molecule has 1 aromatic heterocycles. The maximum absolute atomic E-state index is 10.9. The summed E-state index contributed by atoms with van der Waals surface area (Å²) in [6, 6.07) is 1.53. The summed E-state index contributed by atoms with van der Waals surface area (Å²) in [6.07, 6.45) is 3.28. The molecule has 5 nitrogen and oxygen atoms in total. The minimum absolute atomic E-state index is 0.199. The third kappa shape index (κ3) is 3.50. The maximum Gasteiger partial charge on any atom is 0.315 e. The second-order valence-corrected chi connectivity index (χ2v) is 2.38. The van der Waals surface area contributed by atoms with Crippen molar-refractivity contribution in [3.05, 3.63) is 24.3 Å². The summed E-state index contributed by atoms with van der Waals surface area (Å²) < 4.78 is 0. The van der Waals surface area contributed by atoms with Crippen LogP contribution in [0, 0.1) is 0 Å². The molecule has 0 aromatic carbocycles. The predicted octanol–water partition coefficient (Wildman–Crippen LogP) is 0.296. The Hall–Kier alpha value is -1.65. The number of hydrogen-bond acceptors (Lipinski definition) is 3. The third-order valence-corrected chi connectivity index (χ3v) is 1.36. The Morgan fingerprint density at radius 1 is 1.38 bits per heavy atom. The number of carbonyl (C=O) groups is 1. The number of aromatic nitrogens is 2. The van der Waals surface area contributed by atoms with Gasteiger partial charge in [0.15, 0.2) is 0 Å². The molecule has 70 valence electrons. The van der Waals surface area contributed by atoms with E-state index in [0.29, 0.717) is 18.9 Å². The Morgan fingerprint density at radius 2 is 2.08 bits per heavy atom.